The monoisotopic (exact) mass is 529 g/mol. The molecular weight excluding hydrogens is 511 g/mol. The third-order valence-corrected chi connectivity index (χ3v) is 4.40. The predicted molar refractivity (Wildman–Crippen MR) is 107 cm³/mol. The maximum atomic E-state index is 4.77. The number of aliphatic imine (C=N–C) groups is 1. The molecule has 1 aromatic heterocycles. The van der Waals surface area contributed by atoms with Gasteiger partial charge in [-0.2, -0.15) is 0 Å². The Labute approximate surface area is 174 Å². The molecule has 0 radical (unpaired) electrons. The average molecular weight is 530 g/mol. The first-order valence-electron chi connectivity index (χ1n) is 8.65. The van der Waals surface area contributed by atoms with Crippen LogP contribution in [0.5, 0.6) is 0 Å². The van der Waals surface area contributed by atoms with Gasteiger partial charge in [0, 0.05) is 18.4 Å². The van der Waals surface area contributed by atoms with Crippen molar-refractivity contribution in [1.82, 2.24) is 4.98 Å². The van der Waals surface area contributed by atoms with E-state index in [4.69, 9.17) is 4.99 Å². The number of aromatic nitrogens is 1. The van der Waals surface area contributed by atoms with Crippen LogP contribution in [0.1, 0.15) is 18.1 Å². The summed E-state index contributed by atoms with van der Waals surface area (Å²) in [5, 5.41) is 2.27. The molecule has 0 saturated carbocycles. The van der Waals surface area contributed by atoms with E-state index in [0.717, 1.165) is 33.5 Å². The first kappa shape index (κ1) is 19.2. The van der Waals surface area contributed by atoms with Crippen LogP contribution in [-0.4, -0.2) is 10.7 Å². The van der Waals surface area contributed by atoms with Crippen LogP contribution in [0.25, 0.3) is 22.0 Å². The molecule has 27 heavy (non-hydrogen) atoms. The molecule has 0 N–H and O–H groups in total. The number of hydrogen-bond acceptors (Lipinski definition) is 2. The van der Waals surface area contributed by atoms with Gasteiger partial charge in [0.15, 0.2) is 0 Å². The van der Waals surface area contributed by atoms with Crippen LogP contribution in [0.15, 0.2) is 84.0 Å². The van der Waals surface area contributed by atoms with Gasteiger partial charge in [0.25, 0.3) is 0 Å². The van der Waals surface area contributed by atoms with Crippen molar-refractivity contribution in [3.63, 3.8) is 0 Å². The molecule has 0 saturated heterocycles. The standard InChI is InChI=1S/C24H18N2.Pt/c1-18(19-8-3-2-4-9-19)26-17-22-11-7-10-20-13-14-21(16-23(20)22)24-12-5-6-15-25-24;/h2-8,10-15H,17H2,1H3;/q-2;+2. The van der Waals surface area contributed by atoms with Crippen molar-refractivity contribution in [3.8, 4) is 11.3 Å². The van der Waals surface area contributed by atoms with E-state index in [1.54, 1.807) is 0 Å². The summed E-state index contributed by atoms with van der Waals surface area (Å²) < 4.78 is 0. The Bertz CT molecular complexity index is 1060. The first-order chi connectivity index (χ1) is 12.8. The minimum atomic E-state index is 0. The maximum Gasteiger partial charge on any atom is 2.00 e. The summed E-state index contributed by atoms with van der Waals surface area (Å²) in [5.41, 5.74) is 5.12. The smallest absolute Gasteiger partial charge is 0.340 e. The van der Waals surface area contributed by atoms with Gasteiger partial charge in [-0.1, -0.05) is 53.8 Å². The molecule has 0 aliphatic heterocycles. The van der Waals surface area contributed by atoms with Gasteiger partial charge in [0.2, 0.25) is 0 Å². The van der Waals surface area contributed by atoms with Crippen LogP contribution >= 0.6 is 0 Å². The minimum absolute atomic E-state index is 0. The topological polar surface area (TPSA) is 25.2 Å². The zero-order valence-electron chi connectivity index (χ0n) is 14.9. The number of benzene rings is 3. The summed E-state index contributed by atoms with van der Waals surface area (Å²) in [6.45, 7) is 2.65. The molecule has 0 unspecified atom stereocenters. The Kier molecular flexibility index (Phi) is 6.31. The number of fused-ring (bicyclic) bond motifs is 1. The molecule has 3 aromatic carbocycles. The molecule has 0 bridgehead atoms. The van der Waals surface area contributed by atoms with Gasteiger partial charge >= 0.3 is 21.1 Å². The summed E-state index contributed by atoms with van der Waals surface area (Å²) in [6, 6.07) is 31.1. The molecular formula is C24H18N2Pt. The second kappa shape index (κ2) is 8.88. The fourth-order valence-electron chi connectivity index (χ4n) is 2.97. The normalized spacial score (nSPS) is 11.2. The van der Waals surface area contributed by atoms with E-state index >= 15 is 0 Å². The van der Waals surface area contributed by atoms with Gasteiger partial charge in [-0.15, -0.1) is 59.5 Å². The molecule has 0 atom stereocenters. The Hall–Kier alpha value is -2.57. The minimum Gasteiger partial charge on any atom is -0.340 e. The summed E-state index contributed by atoms with van der Waals surface area (Å²) in [7, 11) is 0. The Morgan fingerprint density at radius 2 is 1.85 bits per heavy atom. The first-order valence-corrected chi connectivity index (χ1v) is 8.65. The average Bonchev–Trinajstić information content (AvgIpc) is 2.73. The second-order valence-electron chi connectivity index (χ2n) is 6.15. The zero-order valence-corrected chi connectivity index (χ0v) is 17.2. The number of pyridine rings is 1. The molecule has 0 amide bonds. The van der Waals surface area contributed by atoms with E-state index in [2.05, 4.69) is 47.4 Å². The predicted octanol–water partition coefficient (Wildman–Crippen LogP) is 5.51. The molecule has 0 aliphatic carbocycles. The van der Waals surface area contributed by atoms with E-state index in [0.29, 0.717) is 6.54 Å². The van der Waals surface area contributed by atoms with E-state index in [-0.39, 0.29) is 21.1 Å². The van der Waals surface area contributed by atoms with Crippen molar-refractivity contribution in [2.24, 2.45) is 4.99 Å². The van der Waals surface area contributed by atoms with E-state index in [9.17, 15) is 0 Å². The molecule has 1 heterocycles. The molecule has 2 nitrogen and oxygen atoms in total. The summed E-state index contributed by atoms with van der Waals surface area (Å²) in [6.07, 6.45) is 1.81. The zero-order chi connectivity index (χ0) is 17.8. The van der Waals surface area contributed by atoms with Crippen molar-refractivity contribution in [2.45, 2.75) is 13.5 Å². The number of rotatable bonds is 4. The molecule has 134 valence electrons. The van der Waals surface area contributed by atoms with Crippen molar-refractivity contribution >= 4 is 16.5 Å². The molecule has 4 rings (SSSR count). The summed E-state index contributed by atoms with van der Waals surface area (Å²) in [4.78, 5) is 9.20. The quantitative estimate of drug-likeness (QED) is 0.253. The van der Waals surface area contributed by atoms with Crippen molar-refractivity contribution in [1.29, 1.82) is 0 Å². The van der Waals surface area contributed by atoms with Crippen molar-refractivity contribution < 1.29 is 21.1 Å². The van der Waals surface area contributed by atoms with Gasteiger partial charge in [-0.25, -0.2) is 0 Å². The third kappa shape index (κ3) is 4.40. The number of nitrogens with zero attached hydrogens (tertiary/aromatic N) is 2. The molecule has 4 aromatic rings. The van der Waals surface area contributed by atoms with E-state index in [1.807, 2.05) is 55.6 Å². The van der Waals surface area contributed by atoms with Crippen molar-refractivity contribution in [2.75, 3.05) is 0 Å². The fraction of sp³-hybridized carbons (Fsp3) is 0.0833. The van der Waals surface area contributed by atoms with Crippen LogP contribution in [0.2, 0.25) is 0 Å². The van der Waals surface area contributed by atoms with Crippen LogP contribution in [-0.2, 0) is 27.6 Å². The van der Waals surface area contributed by atoms with Crippen LogP contribution < -0.4 is 0 Å². The molecule has 3 heteroatoms. The van der Waals surface area contributed by atoms with Crippen LogP contribution in [0.4, 0.5) is 0 Å². The largest absolute Gasteiger partial charge is 2.00 e. The molecule has 0 spiro atoms. The third-order valence-electron chi connectivity index (χ3n) is 4.40. The van der Waals surface area contributed by atoms with Gasteiger partial charge in [0.05, 0.1) is 0 Å². The Morgan fingerprint density at radius 3 is 2.63 bits per heavy atom. The van der Waals surface area contributed by atoms with E-state index in [1.165, 1.54) is 5.39 Å². The van der Waals surface area contributed by atoms with E-state index < -0.39 is 0 Å². The van der Waals surface area contributed by atoms with Gasteiger partial charge in [-0.05, 0) is 11.8 Å². The van der Waals surface area contributed by atoms with Gasteiger partial charge in [0.1, 0.15) is 0 Å². The molecule has 0 fully saturated rings. The van der Waals surface area contributed by atoms with Crippen LogP contribution in [0, 0.1) is 12.1 Å². The number of hydrogen-bond donors (Lipinski definition) is 0. The van der Waals surface area contributed by atoms with Gasteiger partial charge < -0.3 is 4.99 Å². The Balaban J connectivity index is 0.00000210. The Morgan fingerprint density at radius 1 is 0.963 bits per heavy atom. The van der Waals surface area contributed by atoms with Crippen molar-refractivity contribution in [3.05, 3.63) is 102 Å². The summed E-state index contributed by atoms with van der Waals surface area (Å²) >= 11 is 0. The summed E-state index contributed by atoms with van der Waals surface area (Å²) in [5.74, 6) is 0. The fourth-order valence-corrected chi connectivity index (χ4v) is 2.97. The van der Waals surface area contributed by atoms with Crippen LogP contribution in [0.3, 0.4) is 0 Å². The SMILES string of the molecule is CC(=NCc1cccc2ccc(-c3ccccn3)[c-]c12)c1[c-]cccc1.[Pt+2]. The van der Waals surface area contributed by atoms with Gasteiger partial charge in [-0.3, -0.25) is 4.98 Å². The second-order valence-corrected chi connectivity index (χ2v) is 6.15. The molecule has 0 aliphatic rings. The maximum absolute atomic E-state index is 4.77.